The van der Waals surface area contributed by atoms with Gasteiger partial charge in [0.15, 0.2) is 0 Å². The maximum absolute atomic E-state index is 8.92. The fourth-order valence-electron chi connectivity index (χ4n) is 1.37. The third kappa shape index (κ3) is 2.55. The molecule has 1 N–H and O–H groups in total. The average molecular weight is 216 g/mol. The number of aromatic nitrogens is 2. The smallest absolute Gasteiger partial charge is 0.321 e. The Morgan fingerprint density at radius 1 is 1.06 bits per heavy atom. The summed E-state index contributed by atoms with van der Waals surface area (Å²) in [6, 6.07) is 9.57. The normalized spacial score (nSPS) is 10.1. The molecule has 16 heavy (non-hydrogen) atoms. The van der Waals surface area contributed by atoms with Crippen molar-refractivity contribution < 1.29 is 9.84 Å². The van der Waals surface area contributed by atoms with Gasteiger partial charge in [-0.15, -0.1) is 0 Å². The van der Waals surface area contributed by atoms with Crippen LogP contribution in [0.15, 0.2) is 42.7 Å². The lowest BCUT2D eigenvalue weighted by atomic mass is 10.1. The molecule has 2 rings (SSSR count). The Morgan fingerprint density at radius 3 is 2.56 bits per heavy atom. The minimum atomic E-state index is 0.0933. The molecule has 0 bridgehead atoms. The maximum Gasteiger partial charge on any atom is 0.321 e. The summed E-state index contributed by atoms with van der Waals surface area (Å²) in [6.45, 7) is 0.0933. The fourth-order valence-corrected chi connectivity index (χ4v) is 1.37. The summed E-state index contributed by atoms with van der Waals surface area (Å²) >= 11 is 0. The molecule has 0 radical (unpaired) electrons. The molecule has 0 atom stereocenters. The molecule has 2 aromatic rings. The van der Waals surface area contributed by atoms with Gasteiger partial charge < -0.3 is 9.84 Å². The second kappa shape index (κ2) is 5.23. The van der Waals surface area contributed by atoms with E-state index in [-0.39, 0.29) is 6.61 Å². The molecule has 0 aliphatic heterocycles. The van der Waals surface area contributed by atoms with E-state index in [0.29, 0.717) is 18.2 Å². The number of aliphatic hydroxyl groups excluding tert-OH is 1. The van der Waals surface area contributed by atoms with Gasteiger partial charge in [0, 0.05) is 19.0 Å². The summed E-state index contributed by atoms with van der Waals surface area (Å²) in [5.74, 6) is 0.683. The van der Waals surface area contributed by atoms with Crippen molar-refractivity contribution in [2.24, 2.45) is 0 Å². The van der Waals surface area contributed by atoms with E-state index in [9.17, 15) is 0 Å². The Morgan fingerprint density at radius 2 is 1.81 bits per heavy atom. The molecule has 4 heteroatoms. The van der Waals surface area contributed by atoms with Crippen molar-refractivity contribution in [3.8, 4) is 11.8 Å². The van der Waals surface area contributed by atoms with Gasteiger partial charge in [-0.3, -0.25) is 0 Å². The Bertz CT molecular complexity index is 446. The SMILES string of the molecule is OCCc1ccccc1Oc1ncccn1. The topological polar surface area (TPSA) is 55.2 Å². The van der Waals surface area contributed by atoms with Crippen molar-refractivity contribution in [3.05, 3.63) is 48.3 Å². The number of benzene rings is 1. The molecule has 1 aromatic heterocycles. The van der Waals surface area contributed by atoms with Crippen molar-refractivity contribution in [3.63, 3.8) is 0 Å². The third-order valence-corrected chi connectivity index (χ3v) is 2.10. The second-order valence-electron chi connectivity index (χ2n) is 3.21. The molecule has 82 valence electrons. The fraction of sp³-hybridized carbons (Fsp3) is 0.167. The van der Waals surface area contributed by atoms with Gasteiger partial charge in [-0.05, 0) is 24.1 Å². The standard InChI is InChI=1S/C12H12N2O2/c15-9-6-10-4-1-2-5-11(10)16-12-13-7-3-8-14-12/h1-5,7-8,15H,6,9H2. The number of rotatable bonds is 4. The highest BCUT2D eigenvalue weighted by Crippen LogP contribution is 2.22. The predicted octanol–water partition coefficient (Wildman–Crippen LogP) is 1.80. The first-order chi connectivity index (χ1) is 7.90. The maximum atomic E-state index is 8.92. The molecule has 1 heterocycles. The van der Waals surface area contributed by atoms with E-state index in [0.717, 1.165) is 5.56 Å². The van der Waals surface area contributed by atoms with E-state index in [4.69, 9.17) is 9.84 Å². The van der Waals surface area contributed by atoms with E-state index >= 15 is 0 Å². The first kappa shape index (κ1) is 10.6. The van der Waals surface area contributed by atoms with Gasteiger partial charge in [-0.2, -0.15) is 0 Å². The lowest BCUT2D eigenvalue weighted by Gasteiger charge is -2.07. The molecule has 0 saturated carbocycles. The second-order valence-corrected chi connectivity index (χ2v) is 3.21. The van der Waals surface area contributed by atoms with Crippen LogP contribution in [0.4, 0.5) is 0 Å². The lowest BCUT2D eigenvalue weighted by molar-refractivity contribution is 0.297. The van der Waals surface area contributed by atoms with Crippen LogP contribution in [-0.2, 0) is 6.42 Å². The number of hydrogen-bond donors (Lipinski definition) is 1. The van der Waals surface area contributed by atoms with E-state index in [1.165, 1.54) is 0 Å². The van der Waals surface area contributed by atoms with Gasteiger partial charge >= 0.3 is 6.01 Å². The summed E-state index contributed by atoms with van der Waals surface area (Å²) in [5.41, 5.74) is 0.942. The third-order valence-electron chi connectivity index (χ3n) is 2.10. The van der Waals surface area contributed by atoms with Crippen LogP contribution in [0.1, 0.15) is 5.56 Å². The molecule has 0 spiro atoms. The van der Waals surface area contributed by atoms with Crippen LogP contribution in [0.5, 0.6) is 11.8 Å². The van der Waals surface area contributed by atoms with Crippen molar-refractivity contribution in [1.82, 2.24) is 9.97 Å². The Hall–Kier alpha value is -1.94. The molecule has 0 fully saturated rings. The number of nitrogens with zero attached hydrogens (tertiary/aromatic N) is 2. The van der Waals surface area contributed by atoms with Crippen LogP contribution in [0.25, 0.3) is 0 Å². The summed E-state index contributed by atoms with van der Waals surface area (Å²) < 4.78 is 5.53. The summed E-state index contributed by atoms with van der Waals surface area (Å²) in [5, 5.41) is 8.92. The minimum Gasteiger partial charge on any atom is -0.424 e. The predicted molar refractivity (Wildman–Crippen MR) is 59.3 cm³/mol. The highest BCUT2D eigenvalue weighted by atomic mass is 16.5. The van der Waals surface area contributed by atoms with E-state index in [2.05, 4.69) is 9.97 Å². The molecule has 0 amide bonds. The van der Waals surface area contributed by atoms with Gasteiger partial charge in [-0.25, -0.2) is 9.97 Å². The highest BCUT2D eigenvalue weighted by molar-refractivity contribution is 5.35. The van der Waals surface area contributed by atoms with Crippen molar-refractivity contribution in [1.29, 1.82) is 0 Å². The van der Waals surface area contributed by atoms with E-state index in [1.54, 1.807) is 18.5 Å². The van der Waals surface area contributed by atoms with Crippen molar-refractivity contribution in [2.45, 2.75) is 6.42 Å². The molecule has 1 aromatic carbocycles. The Kier molecular flexibility index (Phi) is 3.46. The molecule has 0 saturated heterocycles. The number of aliphatic hydroxyl groups is 1. The zero-order valence-electron chi connectivity index (χ0n) is 8.71. The Balaban J connectivity index is 2.21. The van der Waals surface area contributed by atoms with Crippen LogP contribution < -0.4 is 4.74 Å². The van der Waals surface area contributed by atoms with Crippen molar-refractivity contribution in [2.75, 3.05) is 6.61 Å². The first-order valence-electron chi connectivity index (χ1n) is 5.04. The summed E-state index contributed by atoms with van der Waals surface area (Å²) in [4.78, 5) is 7.96. The zero-order valence-corrected chi connectivity index (χ0v) is 8.71. The van der Waals surface area contributed by atoms with Gasteiger partial charge in [0.25, 0.3) is 0 Å². The largest absolute Gasteiger partial charge is 0.424 e. The zero-order chi connectivity index (χ0) is 11.2. The first-order valence-corrected chi connectivity index (χ1v) is 5.04. The van der Waals surface area contributed by atoms with Crippen LogP contribution in [-0.4, -0.2) is 21.7 Å². The summed E-state index contributed by atoms with van der Waals surface area (Å²) in [6.07, 6.45) is 3.80. The highest BCUT2D eigenvalue weighted by Gasteiger charge is 2.04. The lowest BCUT2D eigenvalue weighted by Crippen LogP contribution is -1.97. The summed E-state index contributed by atoms with van der Waals surface area (Å²) in [7, 11) is 0. The molecule has 0 aliphatic rings. The Labute approximate surface area is 93.6 Å². The molecule has 0 aliphatic carbocycles. The minimum absolute atomic E-state index is 0.0933. The number of hydrogen-bond acceptors (Lipinski definition) is 4. The monoisotopic (exact) mass is 216 g/mol. The van der Waals surface area contributed by atoms with Crippen LogP contribution >= 0.6 is 0 Å². The average Bonchev–Trinajstić information content (AvgIpc) is 2.33. The van der Waals surface area contributed by atoms with Crippen LogP contribution in [0.2, 0.25) is 0 Å². The van der Waals surface area contributed by atoms with E-state index < -0.39 is 0 Å². The van der Waals surface area contributed by atoms with Crippen LogP contribution in [0.3, 0.4) is 0 Å². The van der Waals surface area contributed by atoms with Gasteiger partial charge in [-0.1, -0.05) is 18.2 Å². The molecular formula is C12H12N2O2. The van der Waals surface area contributed by atoms with Gasteiger partial charge in [0.05, 0.1) is 0 Å². The van der Waals surface area contributed by atoms with Gasteiger partial charge in [0.1, 0.15) is 5.75 Å². The quantitative estimate of drug-likeness (QED) is 0.846. The molecule has 4 nitrogen and oxygen atoms in total. The van der Waals surface area contributed by atoms with Gasteiger partial charge in [0.2, 0.25) is 0 Å². The van der Waals surface area contributed by atoms with Crippen molar-refractivity contribution >= 4 is 0 Å². The number of para-hydroxylation sites is 1. The number of ether oxygens (including phenoxy) is 1. The van der Waals surface area contributed by atoms with E-state index in [1.807, 2.05) is 24.3 Å². The molecule has 0 unspecified atom stereocenters. The van der Waals surface area contributed by atoms with Crippen LogP contribution in [0, 0.1) is 0 Å². The molecular weight excluding hydrogens is 204 g/mol.